The summed E-state index contributed by atoms with van der Waals surface area (Å²) in [7, 11) is 1.12. The van der Waals surface area contributed by atoms with E-state index in [-0.39, 0.29) is 31.3 Å². The van der Waals surface area contributed by atoms with E-state index in [4.69, 9.17) is 13.8 Å². The zero-order valence-electron chi connectivity index (χ0n) is 44.3. The maximum atomic E-state index is 13.4. The van der Waals surface area contributed by atoms with E-state index in [1.165, 1.54) is 70.6 Å². The molecule has 0 aromatic rings. The molecule has 0 saturated carbocycles. The Balaban J connectivity index is 5.53. The molecule has 0 fully saturated rings. The second kappa shape index (κ2) is 47.6. The van der Waals surface area contributed by atoms with Crippen LogP contribution in [-0.2, 0) is 27.9 Å². The van der Waals surface area contributed by atoms with E-state index in [9.17, 15) is 19.0 Å². The van der Waals surface area contributed by atoms with Crippen molar-refractivity contribution in [1.29, 1.82) is 0 Å². The molecule has 0 aliphatic carbocycles. The van der Waals surface area contributed by atoms with E-state index in [0.717, 1.165) is 89.9 Å². The van der Waals surface area contributed by atoms with Crippen LogP contribution in [0.1, 0.15) is 207 Å². The lowest BCUT2D eigenvalue weighted by molar-refractivity contribution is -0.870. The van der Waals surface area contributed by atoms with Crippen molar-refractivity contribution in [2.75, 3.05) is 40.9 Å². The van der Waals surface area contributed by atoms with Crippen LogP contribution in [0.2, 0.25) is 0 Å². The predicted molar refractivity (Wildman–Crippen MR) is 288 cm³/mol. The second-order valence-corrected chi connectivity index (χ2v) is 20.4. The minimum absolute atomic E-state index is 0.0414. The number of quaternary nitrogens is 1. The average Bonchev–Trinajstić information content (AvgIpc) is 3.29. The molecule has 0 aliphatic rings. The number of nitrogens with one attached hydrogen (secondary N) is 1. The summed E-state index contributed by atoms with van der Waals surface area (Å²) in [6, 6.07) is -0.935. The summed E-state index contributed by atoms with van der Waals surface area (Å²) in [5.74, 6) is -0.656. The average molecular weight is 969 g/mol. The smallest absolute Gasteiger partial charge is 0.306 e. The topological polar surface area (TPSA) is 114 Å². The lowest BCUT2D eigenvalue weighted by Gasteiger charge is -2.30. The molecule has 0 radical (unpaired) electrons. The van der Waals surface area contributed by atoms with Gasteiger partial charge in [0, 0.05) is 12.8 Å². The molecule has 3 atom stereocenters. The molecule has 3 unspecified atom stereocenters. The highest BCUT2D eigenvalue weighted by Crippen LogP contribution is 2.38. The van der Waals surface area contributed by atoms with Gasteiger partial charge in [0.05, 0.1) is 33.8 Å². The minimum atomic E-state index is -4.72. The molecular formula is C58H101N2O7P. The fourth-order valence-corrected chi connectivity index (χ4v) is 7.86. The molecule has 68 heavy (non-hydrogen) atoms. The molecule has 390 valence electrons. The first kappa shape index (κ1) is 64.9. The summed E-state index contributed by atoms with van der Waals surface area (Å²) in [6.45, 7) is 6.53. The van der Waals surface area contributed by atoms with Gasteiger partial charge in [0.25, 0.3) is 7.82 Å². The van der Waals surface area contributed by atoms with Gasteiger partial charge >= 0.3 is 5.97 Å². The quantitative estimate of drug-likeness (QED) is 0.0212. The molecule has 0 spiro atoms. The molecule has 0 heterocycles. The Morgan fingerprint density at radius 3 is 1.44 bits per heavy atom. The van der Waals surface area contributed by atoms with Crippen LogP contribution in [0.5, 0.6) is 0 Å². The van der Waals surface area contributed by atoms with Gasteiger partial charge < -0.3 is 28.5 Å². The van der Waals surface area contributed by atoms with Crippen LogP contribution in [0, 0.1) is 0 Å². The van der Waals surface area contributed by atoms with Crippen molar-refractivity contribution in [1.82, 2.24) is 5.32 Å². The van der Waals surface area contributed by atoms with Crippen LogP contribution in [0.3, 0.4) is 0 Å². The standard InChI is InChI=1S/C58H101N2O7P/c1-7-10-13-16-19-22-25-28-30-31-32-35-38-41-44-47-50-57(61)59-55(54-66-68(63,64)65-53-52-60(4,5)6)56(49-46-43-40-37-34-27-24-21-18-15-12-9-3)67-58(62)51-48-45-42-39-36-33-29-26-23-20-17-14-11-8-2/h10-11,13-14,19-20,22-23,28,30,32,35,41,44,46,49,55-56H,7-9,12,15-18,21,24-27,29,31,33-34,36-40,42-43,45,47-48,50-54H2,1-6H3,(H-,59,61,63,64)/b13-10+,14-11+,22-19+,23-20+,30-28+,35-32+,44-41+,49-46+. The van der Waals surface area contributed by atoms with Crippen LogP contribution in [-0.4, -0.2) is 69.4 Å². The third kappa shape index (κ3) is 48.0. The van der Waals surface area contributed by atoms with Crippen molar-refractivity contribution in [2.24, 2.45) is 0 Å². The van der Waals surface area contributed by atoms with Gasteiger partial charge in [-0.15, -0.1) is 0 Å². The number of hydrogen-bond donors (Lipinski definition) is 1. The first-order chi connectivity index (χ1) is 32.9. The molecule has 0 rings (SSSR count). The lowest BCUT2D eigenvalue weighted by Crippen LogP contribution is -2.47. The molecule has 1 N–H and O–H groups in total. The lowest BCUT2D eigenvalue weighted by atomic mass is 10.1. The van der Waals surface area contributed by atoms with Gasteiger partial charge in [-0.1, -0.05) is 202 Å². The highest BCUT2D eigenvalue weighted by Gasteiger charge is 2.27. The second-order valence-electron chi connectivity index (χ2n) is 19.0. The molecule has 0 aliphatic heterocycles. The van der Waals surface area contributed by atoms with Gasteiger partial charge in [0.15, 0.2) is 0 Å². The Morgan fingerprint density at radius 2 is 0.956 bits per heavy atom. The van der Waals surface area contributed by atoms with Crippen LogP contribution >= 0.6 is 7.82 Å². The van der Waals surface area contributed by atoms with E-state index in [1.54, 1.807) is 6.08 Å². The summed E-state index contributed by atoms with van der Waals surface area (Å²) in [6.07, 6.45) is 62.5. The first-order valence-electron chi connectivity index (χ1n) is 27.0. The molecule has 9 nitrogen and oxygen atoms in total. The van der Waals surface area contributed by atoms with Gasteiger partial charge in [-0.25, -0.2) is 0 Å². The molecule has 1 amide bonds. The Morgan fingerprint density at radius 1 is 0.529 bits per heavy atom. The SMILES string of the molecule is CC/C=C/C/C=C/C/C=C/C/C=C/C/C=C/CCC(=O)NC(COP(=O)([O-])OCC[N+](C)(C)C)C(/C=C/CCCCCCCCCCCC)OC(=O)CCCCCCCCC/C=C/C/C=C/CC. The number of hydrogen-bond acceptors (Lipinski definition) is 7. The number of ether oxygens (including phenoxy) is 1. The molecule has 10 heteroatoms. The Bertz CT molecular complexity index is 1490. The number of phosphoric acid groups is 1. The highest BCUT2D eigenvalue weighted by atomic mass is 31.2. The molecule has 0 aromatic heterocycles. The summed E-state index contributed by atoms with van der Waals surface area (Å²) < 4.78 is 30.1. The number of rotatable bonds is 47. The zero-order valence-corrected chi connectivity index (χ0v) is 45.2. The van der Waals surface area contributed by atoms with E-state index < -0.39 is 26.6 Å². The monoisotopic (exact) mass is 969 g/mol. The number of phosphoric ester groups is 1. The van der Waals surface area contributed by atoms with Crippen LogP contribution in [0.15, 0.2) is 97.2 Å². The fourth-order valence-electron chi connectivity index (χ4n) is 7.13. The van der Waals surface area contributed by atoms with E-state index in [0.29, 0.717) is 23.9 Å². The first-order valence-corrected chi connectivity index (χ1v) is 28.5. The van der Waals surface area contributed by atoms with Crippen molar-refractivity contribution >= 4 is 19.7 Å². The number of carbonyl (C=O) groups excluding carboxylic acids is 2. The maximum absolute atomic E-state index is 13.4. The number of esters is 1. The summed E-state index contributed by atoms with van der Waals surface area (Å²) >= 11 is 0. The normalized spacial score (nSPS) is 14.6. The van der Waals surface area contributed by atoms with Gasteiger partial charge in [0.2, 0.25) is 5.91 Å². The minimum Gasteiger partial charge on any atom is -0.756 e. The zero-order chi connectivity index (χ0) is 50.1. The number of likely N-dealkylation sites (N-methyl/N-ethyl adjacent to an activating group) is 1. The van der Waals surface area contributed by atoms with Crippen molar-refractivity contribution in [2.45, 2.75) is 219 Å². The van der Waals surface area contributed by atoms with Crippen molar-refractivity contribution < 1.29 is 37.3 Å². The largest absolute Gasteiger partial charge is 0.756 e. The van der Waals surface area contributed by atoms with Crippen LogP contribution < -0.4 is 10.2 Å². The summed E-state index contributed by atoms with van der Waals surface area (Å²) in [5, 5.41) is 2.96. The number of allylic oxidation sites excluding steroid dienone is 15. The predicted octanol–water partition coefficient (Wildman–Crippen LogP) is 15.4. The fraction of sp³-hybridized carbons (Fsp3) is 0.690. The molecule has 0 saturated heterocycles. The highest BCUT2D eigenvalue weighted by molar-refractivity contribution is 7.45. The van der Waals surface area contributed by atoms with Crippen LogP contribution in [0.4, 0.5) is 0 Å². The van der Waals surface area contributed by atoms with E-state index in [2.05, 4.69) is 99.0 Å². The van der Waals surface area contributed by atoms with Crippen molar-refractivity contribution in [3.05, 3.63) is 97.2 Å². The molecule has 0 aromatic carbocycles. The Labute approximate surface area is 418 Å². The van der Waals surface area contributed by atoms with E-state index in [1.807, 2.05) is 39.4 Å². The maximum Gasteiger partial charge on any atom is 0.306 e. The number of amides is 1. The number of nitrogens with zero attached hydrogens (tertiary/aromatic N) is 1. The van der Waals surface area contributed by atoms with Crippen molar-refractivity contribution in [3.63, 3.8) is 0 Å². The number of unbranched alkanes of at least 4 members (excludes halogenated alkanes) is 17. The molecule has 0 bridgehead atoms. The summed E-state index contributed by atoms with van der Waals surface area (Å²) in [4.78, 5) is 39.7. The Hall–Kier alpha value is -3.07. The van der Waals surface area contributed by atoms with Gasteiger partial charge in [0.1, 0.15) is 19.3 Å². The van der Waals surface area contributed by atoms with Gasteiger partial charge in [-0.05, 0) is 89.5 Å². The third-order valence-electron chi connectivity index (χ3n) is 11.3. The van der Waals surface area contributed by atoms with Crippen LogP contribution in [0.25, 0.3) is 0 Å². The van der Waals surface area contributed by atoms with Crippen molar-refractivity contribution in [3.8, 4) is 0 Å². The third-order valence-corrected chi connectivity index (χ3v) is 12.2. The molecular weight excluding hydrogens is 868 g/mol. The van der Waals surface area contributed by atoms with Gasteiger partial charge in [-0.3, -0.25) is 14.2 Å². The van der Waals surface area contributed by atoms with E-state index >= 15 is 0 Å². The Kier molecular flexibility index (Phi) is 45.5. The number of carbonyl (C=O) groups is 2. The van der Waals surface area contributed by atoms with Gasteiger partial charge in [-0.2, -0.15) is 0 Å². The summed E-state index contributed by atoms with van der Waals surface area (Å²) in [5.41, 5.74) is 0.